The summed E-state index contributed by atoms with van der Waals surface area (Å²) in [7, 11) is 3.11. The molecule has 0 saturated carbocycles. The van der Waals surface area contributed by atoms with Crippen molar-refractivity contribution >= 4 is 17.5 Å². The molecule has 7 nitrogen and oxygen atoms in total. The number of para-hydroxylation sites is 1. The number of hydrogen-bond acceptors (Lipinski definition) is 5. The molecule has 1 heterocycles. The zero-order valence-corrected chi connectivity index (χ0v) is 18.9. The van der Waals surface area contributed by atoms with Gasteiger partial charge in [0.05, 0.1) is 6.04 Å². The predicted molar refractivity (Wildman–Crippen MR) is 129 cm³/mol. The standard InChI is InChI=1S/C26H22F2N4O3/c1-31(22(16-10-5-3-6-11-16)17-12-7-4-8-13-17)26-30-21(23(33)25(35)32(26)2)24(34)29-20-18(27)14-9-15-19(20)28/h3-15,22,33H,1-2H3,(H,29,34). The van der Waals surface area contributed by atoms with Crippen LogP contribution in [0.5, 0.6) is 5.75 Å². The van der Waals surface area contributed by atoms with Gasteiger partial charge in [0.1, 0.15) is 17.3 Å². The van der Waals surface area contributed by atoms with Gasteiger partial charge in [-0.05, 0) is 23.3 Å². The summed E-state index contributed by atoms with van der Waals surface area (Å²) in [4.78, 5) is 31.6. The first-order chi connectivity index (χ1) is 16.8. The van der Waals surface area contributed by atoms with Crippen LogP contribution in [0.1, 0.15) is 27.7 Å². The Hall–Kier alpha value is -4.53. The maximum Gasteiger partial charge on any atom is 0.297 e. The summed E-state index contributed by atoms with van der Waals surface area (Å²) >= 11 is 0. The van der Waals surface area contributed by atoms with Gasteiger partial charge in [0.2, 0.25) is 11.7 Å². The van der Waals surface area contributed by atoms with E-state index in [0.29, 0.717) is 0 Å². The highest BCUT2D eigenvalue weighted by Crippen LogP contribution is 2.31. The number of amides is 1. The monoisotopic (exact) mass is 476 g/mol. The minimum Gasteiger partial charge on any atom is -0.501 e. The highest BCUT2D eigenvalue weighted by atomic mass is 19.1. The van der Waals surface area contributed by atoms with Crippen LogP contribution in [0.15, 0.2) is 83.7 Å². The molecule has 9 heteroatoms. The third kappa shape index (κ3) is 4.61. The van der Waals surface area contributed by atoms with Crippen molar-refractivity contribution in [3.8, 4) is 5.75 Å². The normalized spacial score (nSPS) is 10.9. The fourth-order valence-corrected chi connectivity index (χ4v) is 3.87. The first kappa shape index (κ1) is 23.6. The molecule has 1 amide bonds. The Labute approximate surface area is 199 Å². The van der Waals surface area contributed by atoms with E-state index in [9.17, 15) is 23.5 Å². The Morgan fingerprint density at radius 3 is 1.97 bits per heavy atom. The third-order valence-electron chi connectivity index (χ3n) is 5.59. The predicted octanol–water partition coefficient (Wildman–Crippen LogP) is 4.24. The van der Waals surface area contributed by atoms with E-state index in [-0.39, 0.29) is 5.95 Å². The van der Waals surface area contributed by atoms with Crippen LogP contribution in [0.2, 0.25) is 0 Å². The van der Waals surface area contributed by atoms with E-state index >= 15 is 0 Å². The van der Waals surface area contributed by atoms with E-state index in [1.54, 1.807) is 11.9 Å². The average molecular weight is 476 g/mol. The Kier molecular flexibility index (Phi) is 6.59. The van der Waals surface area contributed by atoms with Crippen LogP contribution < -0.4 is 15.8 Å². The van der Waals surface area contributed by atoms with E-state index in [2.05, 4.69) is 10.3 Å². The van der Waals surface area contributed by atoms with Gasteiger partial charge in [-0.1, -0.05) is 66.7 Å². The highest BCUT2D eigenvalue weighted by Gasteiger charge is 2.27. The molecule has 2 N–H and O–H groups in total. The van der Waals surface area contributed by atoms with Crippen molar-refractivity contribution in [3.05, 3.63) is 118 Å². The van der Waals surface area contributed by atoms with Crippen LogP contribution >= 0.6 is 0 Å². The molecule has 0 aliphatic rings. The fraction of sp³-hybridized carbons (Fsp3) is 0.115. The SMILES string of the molecule is CN(c1nc(C(=O)Nc2c(F)cccc2F)c(O)c(=O)n1C)C(c1ccccc1)c1ccccc1. The van der Waals surface area contributed by atoms with Crippen molar-refractivity contribution in [2.45, 2.75) is 6.04 Å². The molecule has 4 rings (SSSR count). The molecule has 4 aromatic rings. The van der Waals surface area contributed by atoms with E-state index in [0.717, 1.165) is 33.9 Å². The number of carbonyl (C=O) groups is 1. The number of nitrogens with one attached hydrogen (secondary N) is 1. The second-order valence-corrected chi connectivity index (χ2v) is 7.86. The number of carbonyl (C=O) groups excluding carboxylic acids is 1. The zero-order valence-electron chi connectivity index (χ0n) is 18.9. The molecule has 0 unspecified atom stereocenters. The lowest BCUT2D eigenvalue weighted by Crippen LogP contribution is -2.34. The van der Waals surface area contributed by atoms with Crippen molar-refractivity contribution in [2.75, 3.05) is 17.3 Å². The van der Waals surface area contributed by atoms with Gasteiger partial charge < -0.3 is 15.3 Å². The maximum absolute atomic E-state index is 14.0. The topological polar surface area (TPSA) is 87.5 Å². The summed E-state index contributed by atoms with van der Waals surface area (Å²) in [6.45, 7) is 0. The molecule has 0 radical (unpaired) electrons. The molecule has 3 aromatic carbocycles. The van der Waals surface area contributed by atoms with E-state index in [4.69, 9.17) is 0 Å². The minimum absolute atomic E-state index is 0.0599. The Balaban J connectivity index is 1.81. The fourth-order valence-electron chi connectivity index (χ4n) is 3.87. The van der Waals surface area contributed by atoms with Crippen molar-refractivity contribution in [1.82, 2.24) is 9.55 Å². The van der Waals surface area contributed by atoms with Gasteiger partial charge in [-0.25, -0.2) is 13.8 Å². The summed E-state index contributed by atoms with van der Waals surface area (Å²) in [5.41, 5.74) is -0.468. The number of hydrogen-bond donors (Lipinski definition) is 2. The van der Waals surface area contributed by atoms with Gasteiger partial charge in [-0.3, -0.25) is 14.2 Å². The highest BCUT2D eigenvalue weighted by molar-refractivity contribution is 6.04. The quantitative estimate of drug-likeness (QED) is 0.435. The van der Waals surface area contributed by atoms with Gasteiger partial charge >= 0.3 is 0 Å². The van der Waals surface area contributed by atoms with Gasteiger partial charge in [0, 0.05) is 14.1 Å². The molecule has 1 aromatic heterocycles. The van der Waals surface area contributed by atoms with Crippen LogP contribution in [0.3, 0.4) is 0 Å². The summed E-state index contributed by atoms with van der Waals surface area (Å²) in [5.74, 6) is -4.02. The molecule has 0 fully saturated rings. The molecule has 178 valence electrons. The van der Waals surface area contributed by atoms with E-state index in [1.807, 2.05) is 60.7 Å². The molecule has 35 heavy (non-hydrogen) atoms. The lowest BCUT2D eigenvalue weighted by atomic mass is 9.97. The van der Waals surface area contributed by atoms with Gasteiger partial charge in [0.15, 0.2) is 5.69 Å². The Morgan fingerprint density at radius 1 is 0.943 bits per heavy atom. The molecule has 0 bridgehead atoms. The van der Waals surface area contributed by atoms with E-state index in [1.165, 1.54) is 7.05 Å². The second kappa shape index (κ2) is 9.76. The first-order valence-electron chi connectivity index (χ1n) is 10.7. The summed E-state index contributed by atoms with van der Waals surface area (Å²) in [6.07, 6.45) is 0. The third-order valence-corrected chi connectivity index (χ3v) is 5.59. The van der Waals surface area contributed by atoms with Crippen LogP contribution in [-0.2, 0) is 7.05 Å². The number of aromatic hydroxyl groups is 1. The summed E-state index contributed by atoms with van der Waals surface area (Å²) in [6, 6.07) is 21.6. The van der Waals surface area contributed by atoms with Gasteiger partial charge in [-0.2, -0.15) is 0 Å². The zero-order chi connectivity index (χ0) is 25.1. The number of anilines is 2. The van der Waals surface area contributed by atoms with Crippen LogP contribution in [0.4, 0.5) is 20.4 Å². The largest absolute Gasteiger partial charge is 0.501 e. The number of benzene rings is 3. The Bertz CT molecular complexity index is 1370. The maximum atomic E-state index is 14.0. The molecular weight excluding hydrogens is 454 g/mol. The lowest BCUT2D eigenvalue weighted by Gasteiger charge is -2.31. The van der Waals surface area contributed by atoms with Gasteiger partial charge in [0.25, 0.3) is 11.5 Å². The number of nitrogens with zero attached hydrogens (tertiary/aromatic N) is 3. The van der Waals surface area contributed by atoms with Crippen molar-refractivity contribution in [3.63, 3.8) is 0 Å². The number of aromatic nitrogens is 2. The van der Waals surface area contributed by atoms with Gasteiger partial charge in [-0.15, -0.1) is 0 Å². The molecule has 0 spiro atoms. The Morgan fingerprint density at radius 2 is 1.46 bits per heavy atom. The minimum atomic E-state index is -1.13. The van der Waals surface area contributed by atoms with Crippen molar-refractivity contribution < 1.29 is 18.7 Å². The molecule has 0 saturated heterocycles. The smallest absolute Gasteiger partial charge is 0.297 e. The van der Waals surface area contributed by atoms with Crippen LogP contribution in [-0.4, -0.2) is 27.6 Å². The first-order valence-corrected chi connectivity index (χ1v) is 10.7. The number of rotatable bonds is 6. The molecule has 0 atom stereocenters. The summed E-state index contributed by atoms with van der Waals surface area (Å²) < 4.78 is 29.2. The van der Waals surface area contributed by atoms with Crippen molar-refractivity contribution in [2.24, 2.45) is 7.05 Å². The average Bonchev–Trinajstić information content (AvgIpc) is 2.86. The summed E-state index contributed by atoms with van der Waals surface area (Å²) in [5, 5.41) is 12.4. The van der Waals surface area contributed by atoms with Crippen LogP contribution in [0, 0.1) is 11.6 Å². The van der Waals surface area contributed by atoms with Crippen molar-refractivity contribution in [1.29, 1.82) is 0 Å². The lowest BCUT2D eigenvalue weighted by molar-refractivity contribution is 0.101. The van der Waals surface area contributed by atoms with E-state index < -0.39 is 46.3 Å². The molecule has 0 aliphatic carbocycles. The van der Waals surface area contributed by atoms with Crippen LogP contribution in [0.25, 0.3) is 0 Å². The molecular formula is C26H22F2N4O3. The number of halogens is 2. The molecule has 0 aliphatic heterocycles. The second-order valence-electron chi connectivity index (χ2n) is 7.86.